The number of unbranched alkanes of at least 4 members (excludes halogenated alkanes) is 3. The first-order chi connectivity index (χ1) is 15.9. The maximum Gasteiger partial charge on any atom is 0.129 e. The highest BCUT2D eigenvalue weighted by atomic mass is 16.3. The lowest BCUT2D eigenvalue weighted by Crippen LogP contribution is -2.50. The highest BCUT2D eigenvalue weighted by Gasteiger charge is 2.39. The molecule has 1 rings (SSSR count). The molecule has 34 heavy (non-hydrogen) atoms. The third kappa shape index (κ3) is 13.7. The van der Waals surface area contributed by atoms with E-state index in [1.54, 1.807) is 19.9 Å². The first-order valence-electron chi connectivity index (χ1n) is 12.5. The van der Waals surface area contributed by atoms with Crippen molar-refractivity contribution in [3.8, 4) is 0 Å². The molecule has 8 heteroatoms. The van der Waals surface area contributed by atoms with Gasteiger partial charge in [-0.05, 0) is 45.4 Å². The first-order valence-corrected chi connectivity index (χ1v) is 12.5. The summed E-state index contributed by atoms with van der Waals surface area (Å²) in [6.45, 7) is 4.34. The number of hydrogen-bond donors (Lipinski definition) is 7. The monoisotopic (exact) mass is 487 g/mol. The molecule has 0 aliphatic heterocycles. The third-order valence-electron chi connectivity index (χ3n) is 6.30. The molecule has 8 nitrogen and oxygen atoms in total. The molecule has 0 aromatic carbocycles. The first kappa shape index (κ1) is 32.9. The van der Waals surface area contributed by atoms with Gasteiger partial charge < -0.3 is 41.2 Å². The second-order valence-corrected chi connectivity index (χ2v) is 9.92. The Balaban J connectivity index is 0.00000116. The lowest BCUT2D eigenvalue weighted by atomic mass is 9.88. The molecule has 0 heterocycles. The maximum absolute atomic E-state index is 10.9. The summed E-state index contributed by atoms with van der Waals surface area (Å²) in [6.07, 6.45) is 14.0. The van der Waals surface area contributed by atoms with Crippen molar-refractivity contribution in [2.45, 2.75) is 102 Å². The Labute approximate surface area is 205 Å². The minimum atomic E-state index is -1.21. The summed E-state index contributed by atoms with van der Waals surface area (Å²) in [7, 11) is 0. The van der Waals surface area contributed by atoms with Crippen LogP contribution in [0.2, 0.25) is 0 Å². The second kappa shape index (κ2) is 17.3. The quantitative estimate of drug-likeness (QED) is 0.135. The lowest BCUT2D eigenvalue weighted by Gasteiger charge is -2.23. The van der Waals surface area contributed by atoms with E-state index < -0.39 is 43.2 Å². The van der Waals surface area contributed by atoms with E-state index in [1.807, 2.05) is 12.2 Å². The number of Topliss-reactive ketones (excluding diaryl/α,β-unsaturated/α-hetero) is 1. The summed E-state index contributed by atoms with van der Waals surface area (Å²) >= 11 is 0. The lowest BCUT2D eigenvalue weighted by molar-refractivity contribution is -0.117. The highest BCUT2D eigenvalue weighted by Crippen LogP contribution is 2.37. The standard InChI is InChI=1S/C22H38O4.C4H11NO3/c1-4-5-10-14-22(3,26)15-13-19-18(20(24)16-21(19)25)12-9-7-6-8-11-17(2)23;5-4(1-6,2-7)3-8/h7,9,13,15,18-21,24-26H,4-6,8,10-12,14,16H2,1-3H3;6-8H,1-3,5H2/b9-7+,15-13+;/t18-,19-,20+,21-,22+;/m1./s1. The molecule has 1 aliphatic rings. The second-order valence-electron chi connectivity index (χ2n) is 9.92. The van der Waals surface area contributed by atoms with E-state index in [0.29, 0.717) is 25.7 Å². The van der Waals surface area contributed by atoms with Crippen molar-refractivity contribution in [3.63, 3.8) is 0 Å². The Hall–Kier alpha value is -1.13. The van der Waals surface area contributed by atoms with Crippen molar-refractivity contribution < 1.29 is 35.4 Å². The van der Waals surface area contributed by atoms with Crippen LogP contribution >= 0.6 is 0 Å². The third-order valence-corrected chi connectivity index (χ3v) is 6.30. The molecule has 1 fully saturated rings. The van der Waals surface area contributed by atoms with Gasteiger partial charge in [0.1, 0.15) is 5.78 Å². The van der Waals surface area contributed by atoms with E-state index >= 15 is 0 Å². The van der Waals surface area contributed by atoms with Gasteiger partial charge in [-0.3, -0.25) is 0 Å². The highest BCUT2D eigenvalue weighted by molar-refractivity contribution is 5.75. The number of allylic oxidation sites excluding steroid dienone is 2. The van der Waals surface area contributed by atoms with E-state index in [9.17, 15) is 20.1 Å². The topological polar surface area (TPSA) is 164 Å². The minimum absolute atomic E-state index is 0.0308. The molecule has 0 saturated heterocycles. The zero-order valence-electron chi connectivity index (χ0n) is 21.3. The van der Waals surface area contributed by atoms with E-state index in [4.69, 9.17) is 21.1 Å². The minimum Gasteiger partial charge on any atom is -0.394 e. The van der Waals surface area contributed by atoms with Gasteiger partial charge in [0.25, 0.3) is 0 Å². The van der Waals surface area contributed by atoms with Crippen LogP contribution < -0.4 is 5.73 Å². The molecule has 0 radical (unpaired) electrons. The number of nitrogens with two attached hydrogens (primary N) is 1. The number of aliphatic hydroxyl groups is 6. The van der Waals surface area contributed by atoms with E-state index in [1.165, 1.54) is 0 Å². The fourth-order valence-corrected chi connectivity index (χ4v) is 3.83. The number of aliphatic hydroxyl groups excluding tert-OH is 5. The number of carbonyl (C=O) groups excluding carboxylic acids is 1. The van der Waals surface area contributed by atoms with Crippen LogP contribution in [0.15, 0.2) is 24.3 Å². The van der Waals surface area contributed by atoms with Gasteiger partial charge >= 0.3 is 0 Å². The van der Waals surface area contributed by atoms with Gasteiger partial charge in [0.15, 0.2) is 0 Å². The summed E-state index contributed by atoms with van der Waals surface area (Å²) < 4.78 is 0. The average Bonchev–Trinajstić information content (AvgIpc) is 3.06. The molecular weight excluding hydrogens is 438 g/mol. The molecule has 8 N–H and O–H groups in total. The zero-order valence-corrected chi connectivity index (χ0v) is 21.3. The molecule has 1 aliphatic carbocycles. The molecule has 0 bridgehead atoms. The van der Waals surface area contributed by atoms with E-state index in [0.717, 1.165) is 32.1 Å². The molecule has 0 spiro atoms. The molecule has 0 aromatic heterocycles. The average molecular weight is 488 g/mol. The summed E-state index contributed by atoms with van der Waals surface area (Å²) in [5.41, 5.74) is 3.07. The summed E-state index contributed by atoms with van der Waals surface area (Å²) in [6, 6.07) is 0. The smallest absolute Gasteiger partial charge is 0.129 e. The molecule has 5 atom stereocenters. The van der Waals surface area contributed by atoms with Crippen LogP contribution in [0.5, 0.6) is 0 Å². The Morgan fingerprint density at radius 1 is 1.03 bits per heavy atom. The van der Waals surface area contributed by atoms with Crippen LogP contribution in [-0.2, 0) is 4.79 Å². The van der Waals surface area contributed by atoms with Crippen molar-refractivity contribution >= 4 is 5.78 Å². The number of carbonyl (C=O) groups is 1. The van der Waals surface area contributed by atoms with Crippen molar-refractivity contribution in [2.75, 3.05) is 19.8 Å². The van der Waals surface area contributed by atoms with Crippen LogP contribution in [0, 0.1) is 11.8 Å². The van der Waals surface area contributed by atoms with Crippen LogP contribution in [0.25, 0.3) is 0 Å². The van der Waals surface area contributed by atoms with Crippen molar-refractivity contribution in [1.29, 1.82) is 0 Å². The van der Waals surface area contributed by atoms with E-state index in [2.05, 4.69) is 13.0 Å². The van der Waals surface area contributed by atoms with Crippen LogP contribution in [0.4, 0.5) is 0 Å². The fourth-order valence-electron chi connectivity index (χ4n) is 3.83. The molecular formula is C26H49NO7. The summed E-state index contributed by atoms with van der Waals surface area (Å²) in [5.74, 6) is 0.0465. The normalized spacial score (nSPS) is 24.9. The molecule has 0 amide bonds. The Bertz CT molecular complexity index is 594. The van der Waals surface area contributed by atoms with Crippen molar-refractivity contribution in [1.82, 2.24) is 0 Å². The summed E-state index contributed by atoms with van der Waals surface area (Å²) in [4.78, 5) is 10.9. The van der Waals surface area contributed by atoms with Gasteiger partial charge in [0.05, 0.1) is 43.2 Å². The van der Waals surface area contributed by atoms with Gasteiger partial charge in [-0.2, -0.15) is 0 Å². The van der Waals surface area contributed by atoms with E-state index in [-0.39, 0.29) is 17.6 Å². The van der Waals surface area contributed by atoms with Gasteiger partial charge in [-0.15, -0.1) is 0 Å². The SMILES string of the molecule is CCCCC[C@](C)(O)/C=C/[C@@H]1[C@@H](C/C=C/CCCC(C)=O)[C@@H](O)C[C@H]1O.NC(CO)(CO)CO. The van der Waals surface area contributed by atoms with Crippen molar-refractivity contribution in [3.05, 3.63) is 24.3 Å². The van der Waals surface area contributed by atoms with Crippen LogP contribution in [0.3, 0.4) is 0 Å². The zero-order chi connectivity index (χ0) is 26.2. The van der Waals surface area contributed by atoms with Crippen LogP contribution in [-0.4, -0.2) is 79.6 Å². The maximum atomic E-state index is 10.9. The molecule has 1 saturated carbocycles. The van der Waals surface area contributed by atoms with Gasteiger partial charge in [-0.1, -0.05) is 50.5 Å². The number of hydrogen-bond acceptors (Lipinski definition) is 8. The summed E-state index contributed by atoms with van der Waals surface area (Å²) in [5, 5.41) is 56.1. The molecule has 200 valence electrons. The predicted octanol–water partition coefficient (Wildman–Crippen LogP) is 1.60. The Kier molecular flexibility index (Phi) is 16.7. The van der Waals surface area contributed by atoms with Crippen molar-refractivity contribution in [2.24, 2.45) is 17.6 Å². The Morgan fingerprint density at radius 2 is 1.65 bits per heavy atom. The molecule has 0 unspecified atom stereocenters. The van der Waals surface area contributed by atoms with Gasteiger partial charge in [-0.25, -0.2) is 0 Å². The van der Waals surface area contributed by atoms with Crippen LogP contribution in [0.1, 0.15) is 78.6 Å². The largest absolute Gasteiger partial charge is 0.394 e. The molecule has 0 aromatic rings. The number of ketones is 1. The number of rotatable bonds is 15. The van der Waals surface area contributed by atoms with Gasteiger partial charge in [0.2, 0.25) is 0 Å². The Morgan fingerprint density at radius 3 is 2.15 bits per heavy atom. The predicted molar refractivity (Wildman–Crippen MR) is 134 cm³/mol. The fraction of sp³-hybridized carbons (Fsp3) is 0.808. The van der Waals surface area contributed by atoms with Gasteiger partial charge in [0, 0.05) is 18.8 Å².